The van der Waals surface area contributed by atoms with Crippen molar-refractivity contribution in [2.75, 3.05) is 10.7 Å². The Morgan fingerprint density at radius 1 is 1.21 bits per heavy atom. The number of amides is 2. The van der Waals surface area contributed by atoms with E-state index in [0.29, 0.717) is 28.9 Å². The van der Waals surface area contributed by atoms with Crippen LogP contribution in [0.15, 0.2) is 42.5 Å². The van der Waals surface area contributed by atoms with Crippen LogP contribution in [0.4, 0.5) is 20.2 Å². The Kier molecular flexibility index (Phi) is 5.68. The van der Waals surface area contributed by atoms with Gasteiger partial charge in [0, 0.05) is 17.7 Å². The van der Waals surface area contributed by atoms with Gasteiger partial charge in [-0.1, -0.05) is 6.07 Å². The zero-order valence-corrected chi connectivity index (χ0v) is 19.2. The van der Waals surface area contributed by atoms with Gasteiger partial charge in [0.25, 0.3) is 5.91 Å². The molecular formula is C23H24F2N2O5S. The number of carbonyl (C=O) groups is 2. The molecule has 2 aliphatic rings. The van der Waals surface area contributed by atoms with Crippen LogP contribution >= 0.6 is 0 Å². The molecule has 33 heavy (non-hydrogen) atoms. The van der Waals surface area contributed by atoms with E-state index < -0.39 is 39.1 Å². The number of nitrogens with one attached hydrogen (secondary N) is 1. The van der Waals surface area contributed by atoms with Crippen LogP contribution in [0, 0.1) is 0 Å². The zero-order chi connectivity index (χ0) is 24.1. The van der Waals surface area contributed by atoms with Crippen molar-refractivity contribution in [1.29, 1.82) is 0 Å². The highest BCUT2D eigenvalue weighted by Gasteiger charge is 2.45. The molecule has 2 atom stereocenters. The van der Waals surface area contributed by atoms with Crippen molar-refractivity contribution >= 4 is 33.0 Å². The number of carbonyl (C=O) groups excluding carboxylic acids is 2. The quantitative estimate of drug-likeness (QED) is 0.710. The largest absolute Gasteiger partial charge is 0.435 e. The third-order valence-electron chi connectivity index (χ3n) is 6.21. The fraction of sp³-hybridized carbons (Fsp3) is 0.391. The number of hydrogen-bond donors (Lipinski definition) is 1. The minimum absolute atomic E-state index is 0.0710. The van der Waals surface area contributed by atoms with Gasteiger partial charge in [0.2, 0.25) is 5.91 Å². The number of fused-ring (bicyclic) bond motifs is 1. The van der Waals surface area contributed by atoms with Gasteiger partial charge in [0.1, 0.15) is 5.75 Å². The summed E-state index contributed by atoms with van der Waals surface area (Å²) in [6, 6.07) is 10.2. The predicted molar refractivity (Wildman–Crippen MR) is 119 cm³/mol. The van der Waals surface area contributed by atoms with Crippen LogP contribution in [0.1, 0.15) is 43.1 Å². The number of nitrogens with zero attached hydrogens (tertiary/aromatic N) is 1. The van der Waals surface area contributed by atoms with Crippen LogP contribution in [-0.4, -0.2) is 43.9 Å². The molecule has 176 valence electrons. The van der Waals surface area contributed by atoms with Gasteiger partial charge < -0.3 is 10.1 Å². The lowest BCUT2D eigenvalue weighted by atomic mass is 9.85. The van der Waals surface area contributed by atoms with E-state index in [1.807, 2.05) is 0 Å². The zero-order valence-electron chi connectivity index (χ0n) is 18.3. The summed E-state index contributed by atoms with van der Waals surface area (Å²) < 4.78 is 53.7. The Morgan fingerprint density at radius 3 is 2.58 bits per heavy atom. The first-order chi connectivity index (χ1) is 15.4. The first-order valence-electron chi connectivity index (χ1n) is 10.5. The number of ether oxygens (including phenoxy) is 1. The lowest BCUT2D eigenvalue weighted by molar-refractivity contribution is -0.121. The van der Waals surface area contributed by atoms with E-state index >= 15 is 0 Å². The molecule has 2 aromatic rings. The third-order valence-corrected chi connectivity index (χ3v) is 8.50. The van der Waals surface area contributed by atoms with E-state index in [9.17, 15) is 26.8 Å². The van der Waals surface area contributed by atoms with E-state index in [-0.39, 0.29) is 17.4 Å². The SMILES string of the molecule is C[C@H]1C[C@H](NC(=O)c2ccc3c(c2)C(C)(C)C(=O)N3c2cccc(OC(F)F)c2)CS1(=O)=O. The molecule has 2 amide bonds. The van der Waals surface area contributed by atoms with Crippen molar-refractivity contribution in [1.82, 2.24) is 5.32 Å². The fourth-order valence-corrected chi connectivity index (χ4v) is 6.00. The van der Waals surface area contributed by atoms with Crippen molar-refractivity contribution in [2.45, 2.75) is 50.5 Å². The molecular weight excluding hydrogens is 454 g/mol. The molecule has 10 heteroatoms. The molecule has 0 unspecified atom stereocenters. The Balaban J connectivity index is 1.64. The summed E-state index contributed by atoms with van der Waals surface area (Å²) in [5, 5.41) is 2.27. The van der Waals surface area contributed by atoms with Gasteiger partial charge in [-0.15, -0.1) is 0 Å². The number of halogens is 2. The Labute approximate surface area is 190 Å². The van der Waals surface area contributed by atoms with Gasteiger partial charge in [-0.25, -0.2) is 8.42 Å². The van der Waals surface area contributed by atoms with Crippen LogP contribution < -0.4 is 15.0 Å². The predicted octanol–water partition coefficient (Wildman–Crippen LogP) is 3.55. The summed E-state index contributed by atoms with van der Waals surface area (Å²) in [6.07, 6.45) is 0.355. The van der Waals surface area contributed by atoms with Crippen LogP contribution in [-0.2, 0) is 20.0 Å². The number of anilines is 2. The maximum absolute atomic E-state index is 13.3. The second-order valence-corrected chi connectivity index (χ2v) is 11.4. The molecule has 2 heterocycles. The second kappa shape index (κ2) is 8.09. The van der Waals surface area contributed by atoms with E-state index in [2.05, 4.69) is 10.1 Å². The van der Waals surface area contributed by atoms with Crippen LogP contribution in [0.5, 0.6) is 5.75 Å². The van der Waals surface area contributed by atoms with Crippen molar-refractivity contribution < 1.29 is 31.5 Å². The number of rotatable bonds is 5. The lowest BCUT2D eigenvalue weighted by Crippen LogP contribution is -2.35. The van der Waals surface area contributed by atoms with Gasteiger partial charge in [-0.2, -0.15) is 8.78 Å². The monoisotopic (exact) mass is 478 g/mol. The molecule has 2 aliphatic heterocycles. The number of alkyl halides is 2. The summed E-state index contributed by atoms with van der Waals surface area (Å²) in [4.78, 5) is 27.5. The molecule has 1 saturated heterocycles. The maximum Gasteiger partial charge on any atom is 0.387 e. The molecule has 1 N–H and O–H groups in total. The van der Waals surface area contributed by atoms with Crippen molar-refractivity contribution in [2.24, 2.45) is 0 Å². The summed E-state index contributed by atoms with van der Waals surface area (Å²) in [6.45, 7) is 2.08. The second-order valence-electron chi connectivity index (χ2n) is 8.92. The smallest absolute Gasteiger partial charge is 0.387 e. The molecule has 4 rings (SSSR count). The average Bonchev–Trinajstić information content (AvgIpc) is 3.09. The van der Waals surface area contributed by atoms with E-state index in [1.165, 1.54) is 23.1 Å². The molecule has 2 aromatic carbocycles. The Bertz CT molecular complexity index is 1230. The number of sulfone groups is 1. The summed E-state index contributed by atoms with van der Waals surface area (Å²) in [5.74, 6) is -0.862. The summed E-state index contributed by atoms with van der Waals surface area (Å²) >= 11 is 0. The highest BCUT2D eigenvalue weighted by atomic mass is 32.2. The molecule has 1 fully saturated rings. The molecule has 0 spiro atoms. The third kappa shape index (κ3) is 4.19. The minimum Gasteiger partial charge on any atom is -0.435 e. The van der Waals surface area contributed by atoms with Crippen LogP contribution in [0.25, 0.3) is 0 Å². The summed E-state index contributed by atoms with van der Waals surface area (Å²) in [7, 11) is -3.21. The standard InChI is InChI=1S/C23H24F2N2O5S/c1-13-9-15(12-33(13,30)31)26-20(28)14-7-8-19-18(10-14)23(2,3)21(29)27(19)16-5-4-6-17(11-16)32-22(24)25/h4-8,10-11,13,15,22H,9,12H2,1-3H3,(H,26,28)/t13-,15-/m0/s1. The molecule has 7 nitrogen and oxygen atoms in total. The Hall–Kier alpha value is -3.01. The Morgan fingerprint density at radius 2 is 1.94 bits per heavy atom. The van der Waals surface area contributed by atoms with E-state index in [1.54, 1.807) is 45.0 Å². The van der Waals surface area contributed by atoms with Crippen molar-refractivity contribution in [3.63, 3.8) is 0 Å². The van der Waals surface area contributed by atoms with Gasteiger partial charge in [-0.3, -0.25) is 14.5 Å². The van der Waals surface area contributed by atoms with Crippen LogP contribution in [0.2, 0.25) is 0 Å². The molecule has 0 radical (unpaired) electrons. The van der Waals surface area contributed by atoms with Gasteiger partial charge in [0.05, 0.1) is 27.8 Å². The lowest BCUT2D eigenvalue weighted by Gasteiger charge is -2.21. The topological polar surface area (TPSA) is 92.8 Å². The highest BCUT2D eigenvalue weighted by molar-refractivity contribution is 7.92. The van der Waals surface area contributed by atoms with Crippen molar-refractivity contribution in [3.05, 3.63) is 53.6 Å². The van der Waals surface area contributed by atoms with E-state index in [4.69, 9.17) is 0 Å². The molecule has 0 bridgehead atoms. The minimum atomic E-state index is -3.21. The highest BCUT2D eigenvalue weighted by Crippen LogP contribution is 2.46. The maximum atomic E-state index is 13.3. The average molecular weight is 479 g/mol. The fourth-order valence-electron chi connectivity index (χ4n) is 4.36. The summed E-state index contributed by atoms with van der Waals surface area (Å²) in [5.41, 5.74) is 0.840. The van der Waals surface area contributed by atoms with E-state index in [0.717, 1.165) is 0 Å². The first-order valence-corrected chi connectivity index (χ1v) is 12.2. The molecule has 0 aromatic heterocycles. The molecule has 0 saturated carbocycles. The van der Waals surface area contributed by atoms with Gasteiger partial charge >= 0.3 is 6.61 Å². The normalized spacial score (nSPS) is 23.0. The number of benzene rings is 2. The molecule has 0 aliphatic carbocycles. The number of hydrogen-bond acceptors (Lipinski definition) is 5. The van der Waals surface area contributed by atoms with Gasteiger partial charge in [0.15, 0.2) is 9.84 Å². The first kappa shape index (κ1) is 23.2. The van der Waals surface area contributed by atoms with Crippen molar-refractivity contribution in [3.8, 4) is 5.75 Å². The van der Waals surface area contributed by atoms with Crippen LogP contribution in [0.3, 0.4) is 0 Å². The van der Waals surface area contributed by atoms with Gasteiger partial charge in [-0.05, 0) is 63.1 Å².